The van der Waals surface area contributed by atoms with Crippen molar-refractivity contribution in [3.63, 3.8) is 0 Å². The number of nitrogens with two attached hydrogens (primary N) is 1. The van der Waals surface area contributed by atoms with Crippen molar-refractivity contribution in [2.75, 3.05) is 25.1 Å². The van der Waals surface area contributed by atoms with Gasteiger partial charge in [0.2, 0.25) is 5.95 Å². The molecule has 1 saturated heterocycles. The highest BCUT2D eigenvalue weighted by molar-refractivity contribution is 7.80. The Balaban J connectivity index is 2.16. The highest BCUT2D eigenvalue weighted by atomic mass is 32.1. The van der Waals surface area contributed by atoms with Gasteiger partial charge in [-0.15, -0.1) is 0 Å². The van der Waals surface area contributed by atoms with E-state index in [-0.39, 0.29) is 0 Å². The van der Waals surface area contributed by atoms with Crippen LogP contribution in [0.25, 0.3) is 0 Å². The highest BCUT2D eigenvalue weighted by Gasteiger charge is 2.21. The zero-order chi connectivity index (χ0) is 13.1. The quantitative estimate of drug-likeness (QED) is 0.825. The van der Waals surface area contributed by atoms with E-state index in [0.717, 1.165) is 31.6 Å². The van der Waals surface area contributed by atoms with E-state index in [1.807, 2.05) is 13.0 Å². The minimum Gasteiger partial charge on any atom is -0.388 e. The standard InChI is InChI=1S/C12H18N4OS/c1-8-7-10(11(13)18)15-12(14-8)16-5-3-9(17-2)4-6-16/h7,9H,3-6H2,1-2H3,(H2,13,18). The maximum absolute atomic E-state index is 5.63. The van der Waals surface area contributed by atoms with Gasteiger partial charge in [0.15, 0.2) is 0 Å². The van der Waals surface area contributed by atoms with Crippen LogP contribution in [0.4, 0.5) is 5.95 Å². The number of methoxy groups -OCH3 is 1. The number of rotatable bonds is 3. The molecule has 0 atom stereocenters. The fourth-order valence-electron chi connectivity index (χ4n) is 2.11. The average Bonchev–Trinajstić information content (AvgIpc) is 2.38. The van der Waals surface area contributed by atoms with Crippen molar-refractivity contribution < 1.29 is 4.74 Å². The molecule has 98 valence electrons. The van der Waals surface area contributed by atoms with Crippen molar-refractivity contribution in [3.05, 3.63) is 17.5 Å². The molecule has 0 aromatic carbocycles. The number of aryl methyl sites for hydroxylation is 1. The number of anilines is 1. The van der Waals surface area contributed by atoms with Crippen molar-refractivity contribution >= 4 is 23.2 Å². The first kappa shape index (κ1) is 13.2. The molecule has 18 heavy (non-hydrogen) atoms. The first-order chi connectivity index (χ1) is 8.60. The first-order valence-corrected chi connectivity index (χ1v) is 6.44. The van der Waals surface area contributed by atoms with Crippen LogP contribution in [0.15, 0.2) is 6.07 Å². The second kappa shape index (κ2) is 5.58. The predicted octanol–water partition coefficient (Wildman–Crippen LogP) is 1.03. The minimum absolute atomic E-state index is 0.313. The van der Waals surface area contributed by atoms with Gasteiger partial charge in [0, 0.05) is 25.9 Å². The van der Waals surface area contributed by atoms with Crippen molar-refractivity contribution in [2.45, 2.75) is 25.9 Å². The number of hydrogen-bond donors (Lipinski definition) is 1. The van der Waals surface area contributed by atoms with Gasteiger partial charge in [0.1, 0.15) is 10.7 Å². The third-order valence-corrected chi connectivity index (χ3v) is 3.36. The largest absolute Gasteiger partial charge is 0.388 e. The molecule has 0 spiro atoms. The normalized spacial score (nSPS) is 16.9. The topological polar surface area (TPSA) is 64.3 Å². The zero-order valence-electron chi connectivity index (χ0n) is 10.7. The van der Waals surface area contributed by atoms with Crippen molar-refractivity contribution in [1.29, 1.82) is 0 Å². The van der Waals surface area contributed by atoms with Crippen molar-refractivity contribution in [2.24, 2.45) is 5.73 Å². The molecule has 1 aliphatic heterocycles. The number of piperidine rings is 1. The fourth-order valence-corrected chi connectivity index (χ4v) is 2.22. The van der Waals surface area contributed by atoms with Crippen LogP contribution >= 0.6 is 12.2 Å². The Morgan fingerprint density at radius 2 is 2.11 bits per heavy atom. The van der Waals surface area contributed by atoms with Crippen LogP contribution < -0.4 is 10.6 Å². The Kier molecular flexibility index (Phi) is 4.08. The van der Waals surface area contributed by atoms with E-state index in [2.05, 4.69) is 14.9 Å². The van der Waals surface area contributed by atoms with Crippen LogP contribution in [-0.2, 0) is 4.74 Å². The molecule has 6 heteroatoms. The lowest BCUT2D eigenvalue weighted by atomic mass is 10.1. The molecule has 0 unspecified atom stereocenters. The third-order valence-electron chi connectivity index (χ3n) is 3.15. The molecule has 1 aromatic rings. The Hall–Kier alpha value is -1.27. The maximum atomic E-state index is 5.63. The summed E-state index contributed by atoms with van der Waals surface area (Å²) in [6.45, 7) is 3.73. The van der Waals surface area contributed by atoms with Gasteiger partial charge in [0.25, 0.3) is 0 Å². The van der Waals surface area contributed by atoms with Gasteiger partial charge in [-0.3, -0.25) is 0 Å². The molecule has 2 heterocycles. The second-order valence-corrected chi connectivity index (χ2v) is 4.92. The smallest absolute Gasteiger partial charge is 0.226 e. The molecule has 1 aromatic heterocycles. The minimum atomic E-state index is 0.313. The maximum Gasteiger partial charge on any atom is 0.226 e. The summed E-state index contributed by atoms with van der Waals surface area (Å²) in [6, 6.07) is 1.81. The van der Waals surface area contributed by atoms with Crippen LogP contribution in [0.5, 0.6) is 0 Å². The van der Waals surface area contributed by atoms with E-state index in [9.17, 15) is 0 Å². The van der Waals surface area contributed by atoms with Gasteiger partial charge in [-0.05, 0) is 25.8 Å². The molecule has 2 rings (SSSR count). The van der Waals surface area contributed by atoms with Gasteiger partial charge in [-0.25, -0.2) is 9.97 Å². The molecule has 1 fully saturated rings. The van der Waals surface area contributed by atoms with Crippen LogP contribution in [-0.4, -0.2) is 41.3 Å². The first-order valence-electron chi connectivity index (χ1n) is 6.03. The van der Waals surface area contributed by atoms with E-state index >= 15 is 0 Å². The summed E-state index contributed by atoms with van der Waals surface area (Å²) in [5.41, 5.74) is 7.15. The van der Waals surface area contributed by atoms with E-state index in [4.69, 9.17) is 22.7 Å². The number of thiocarbonyl (C=S) groups is 1. The highest BCUT2D eigenvalue weighted by Crippen LogP contribution is 2.18. The number of ether oxygens (including phenoxy) is 1. The van der Waals surface area contributed by atoms with Crippen LogP contribution in [0, 0.1) is 6.92 Å². The van der Waals surface area contributed by atoms with E-state index in [1.54, 1.807) is 7.11 Å². The van der Waals surface area contributed by atoms with Gasteiger partial charge in [-0.1, -0.05) is 12.2 Å². The number of nitrogens with zero attached hydrogens (tertiary/aromatic N) is 3. The van der Waals surface area contributed by atoms with E-state index in [1.165, 1.54) is 0 Å². The molecule has 0 aliphatic carbocycles. The lowest BCUT2D eigenvalue weighted by Crippen LogP contribution is -2.38. The lowest BCUT2D eigenvalue weighted by Gasteiger charge is -2.31. The molecule has 0 radical (unpaired) electrons. The Labute approximate surface area is 112 Å². The number of aromatic nitrogens is 2. The molecule has 5 nitrogen and oxygen atoms in total. The Bertz CT molecular complexity index is 444. The zero-order valence-corrected chi connectivity index (χ0v) is 11.5. The van der Waals surface area contributed by atoms with Gasteiger partial charge in [-0.2, -0.15) is 0 Å². The molecule has 0 bridgehead atoms. The molecular formula is C12H18N4OS. The third kappa shape index (κ3) is 2.94. The summed E-state index contributed by atoms with van der Waals surface area (Å²) < 4.78 is 5.35. The van der Waals surface area contributed by atoms with Crippen molar-refractivity contribution in [3.8, 4) is 0 Å². The molecule has 2 N–H and O–H groups in total. The van der Waals surface area contributed by atoms with Crippen molar-refractivity contribution in [1.82, 2.24) is 9.97 Å². The number of hydrogen-bond acceptors (Lipinski definition) is 5. The average molecular weight is 266 g/mol. The van der Waals surface area contributed by atoms with Gasteiger partial charge in [0.05, 0.1) is 6.10 Å². The summed E-state index contributed by atoms with van der Waals surface area (Å²) >= 11 is 4.97. The molecule has 0 amide bonds. The van der Waals surface area contributed by atoms with Crippen LogP contribution in [0.2, 0.25) is 0 Å². The van der Waals surface area contributed by atoms with E-state index in [0.29, 0.717) is 22.7 Å². The molecule has 1 aliphatic rings. The molecular weight excluding hydrogens is 248 g/mol. The summed E-state index contributed by atoms with van der Waals surface area (Å²) in [6.07, 6.45) is 2.34. The summed E-state index contributed by atoms with van der Waals surface area (Å²) in [7, 11) is 1.76. The Morgan fingerprint density at radius 1 is 1.44 bits per heavy atom. The summed E-state index contributed by atoms with van der Waals surface area (Å²) in [4.78, 5) is 11.3. The van der Waals surface area contributed by atoms with Crippen LogP contribution in [0.1, 0.15) is 24.2 Å². The fraction of sp³-hybridized carbons (Fsp3) is 0.583. The predicted molar refractivity (Wildman–Crippen MR) is 74.9 cm³/mol. The lowest BCUT2D eigenvalue weighted by molar-refractivity contribution is 0.0816. The summed E-state index contributed by atoms with van der Waals surface area (Å²) in [5.74, 6) is 0.715. The van der Waals surface area contributed by atoms with Gasteiger partial charge >= 0.3 is 0 Å². The van der Waals surface area contributed by atoms with E-state index < -0.39 is 0 Å². The Morgan fingerprint density at radius 3 is 2.67 bits per heavy atom. The summed E-state index contributed by atoms with van der Waals surface area (Å²) in [5, 5.41) is 0. The van der Waals surface area contributed by atoms with Gasteiger partial charge < -0.3 is 15.4 Å². The molecule has 0 saturated carbocycles. The monoisotopic (exact) mass is 266 g/mol. The van der Waals surface area contributed by atoms with Crippen LogP contribution in [0.3, 0.4) is 0 Å². The second-order valence-electron chi connectivity index (χ2n) is 4.48. The SMILES string of the molecule is COC1CCN(c2nc(C)cc(C(N)=S)n2)CC1.